The first kappa shape index (κ1) is 9.75. The fourth-order valence-electron chi connectivity index (χ4n) is 1.24. The van der Waals surface area contributed by atoms with Gasteiger partial charge in [0.05, 0.1) is 6.10 Å². The lowest BCUT2D eigenvalue weighted by Crippen LogP contribution is -2.35. The number of hydrogen-bond donors (Lipinski definition) is 3. The molecule has 1 aliphatic rings. The second kappa shape index (κ2) is 3.58. The molecule has 0 aromatic rings. The quantitative estimate of drug-likeness (QED) is 0.580. The molecule has 1 aliphatic carbocycles. The van der Waals surface area contributed by atoms with Crippen molar-refractivity contribution in [1.29, 1.82) is 0 Å². The standard InChI is InChI=1S/C8H16OS2/c1-8(11,7(9)5-10)4-6-2-3-6/h6-7,9-11H,2-5H2,1H3. The van der Waals surface area contributed by atoms with Gasteiger partial charge in [-0.1, -0.05) is 12.8 Å². The van der Waals surface area contributed by atoms with Gasteiger partial charge in [-0.05, 0) is 19.3 Å². The van der Waals surface area contributed by atoms with E-state index >= 15 is 0 Å². The number of aliphatic hydroxyl groups excluding tert-OH is 1. The zero-order valence-corrected chi connectivity index (χ0v) is 8.61. The Balaban J connectivity index is 2.35. The Kier molecular flexibility index (Phi) is 3.18. The molecule has 0 saturated heterocycles. The normalized spacial score (nSPS) is 26.2. The molecule has 0 radical (unpaired) electrons. The molecule has 0 aliphatic heterocycles. The number of aliphatic hydroxyl groups is 1. The number of rotatable bonds is 4. The molecule has 1 rings (SSSR count). The minimum atomic E-state index is -0.380. The maximum atomic E-state index is 9.51. The molecule has 1 fully saturated rings. The zero-order chi connectivity index (χ0) is 8.48. The summed E-state index contributed by atoms with van der Waals surface area (Å²) in [4.78, 5) is 0. The third kappa shape index (κ3) is 2.88. The topological polar surface area (TPSA) is 20.2 Å². The lowest BCUT2D eigenvalue weighted by Gasteiger charge is -2.28. The van der Waals surface area contributed by atoms with Crippen molar-refractivity contribution in [3.8, 4) is 0 Å². The molecule has 1 N–H and O–H groups in total. The van der Waals surface area contributed by atoms with Gasteiger partial charge < -0.3 is 5.11 Å². The highest BCUT2D eigenvalue weighted by molar-refractivity contribution is 7.82. The van der Waals surface area contributed by atoms with Crippen LogP contribution in [0.1, 0.15) is 26.2 Å². The van der Waals surface area contributed by atoms with Crippen LogP contribution in [0.3, 0.4) is 0 Å². The van der Waals surface area contributed by atoms with Crippen molar-refractivity contribution in [2.75, 3.05) is 5.75 Å². The highest BCUT2D eigenvalue weighted by atomic mass is 32.1. The first-order valence-electron chi connectivity index (χ1n) is 4.07. The Morgan fingerprint density at radius 2 is 2.18 bits per heavy atom. The second-order valence-electron chi connectivity index (χ2n) is 3.70. The molecule has 0 spiro atoms. The minimum absolute atomic E-state index is 0.233. The summed E-state index contributed by atoms with van der Waals surface area (Å²) < 4.78 is -0.233. The molecule has 2 atom stereocenters. The third-order valence-electron chi connectivity index (χ3n) is 2.29. The molecule has 11 heavy (non-hydrogen) atoms. The lowest BCUT2D eigenvalue weighted by molar-refractivity contribution is 0.152. The van der Waals surface area contributed by atoms with Gasteiger partial charge in [0.1, 0.15) is 0 Å². The molecule has 0 amide bonds. The number of hydrogen-bond acceptors (Lipinski definition) is 3. The van der Waals surface area contributed by atoms with Gasteiger partial charge in [-0.3, -0.25) is 0 Å². The molecular formula is C8H16OS2. The maximum absolute atomic E-state index is 9.51. The SMILES string of the molecule is CC(S)(CC1CC1)C(O)CS. The van der Waals surface area contributed by atoms with Crippen LogP contribution < -0.4 is 0 Å². The average molecular weight is 192 g/mol. The Bertz CT molecular complexity index is 132. The second-order valence-corrected chi connectivity index (χ2v) is 5.09. The van der Waals surface area contributed by atoms with E-state index in [1.165, 1.54) is 12.8 Å². The van der Waals surface area contributed by atoms with E-state index in [0.29, 0.717) is 5.75 Å². The van der Waals surface area contributed by atoms with Crippen LogP contribution in [0.5, 0.6) is 0 Å². The van der Waals surface area contributed by atoms with E-state index in [0.717, 1.165) is 12.3 Å². The van der Waals surface area contributed by atoms with Crippen molar-refractivity contribution in [1.82, 2.24) is 0 Å². The van der Waals surface area contributed by atoms with Gasteiger partial charge in [0, 0.05) is 10.5 Å². The van der Waals surface area contributed by atoms with Crippen molar-refractivity contribution in [2.24, 2.45) is 5.92 Å². The zero-order valence-electron chi connectivity index (χ0n) is 6.82. The Morgan fingerprint density at radius 1 is 1.64 bits per heavy atom. The molecule has 66 valence electrons. The van der Waals surface area contributed by atoms with Crippen molar-refractivity contribution < 1.29 is 5.11 Å². The average Bonchev–Trinajstić information content (AvgIpc) is 2.69. The van der Waals surface area contributed by atoms with Gasteiger partial charge in [-0.2, -0.15) is 25.3 Å². The number of thiol groups is 2. The van der Waals surface area contributed by atoms with Crippen LogP contribution in [0.2, 0.25) is 0 Å². The summed E-state index contributed by atoms with van der Waals surface area (Å²) in [5.74, 6) is 1.32. The van der Waals surface area contributed by atoms with Crippen LogP contribution >= 0.6 is 25.3 Å². The van der Waals surface area contributed by atoms with E-state index in [2.05, 4.69) is 25.3 Å². The predicted molar refractivity (Wildman–Crippen MR) is 54.6 cm³/mol. The van der Waals surface area contributed by atoms with Crippen molar-refractivity contribution in [3.05, 3.63) is 0 Å². The van der Waals surface area contributed by atoms with Crippen LogP contribution in [-0.2, 0) is 0 Å². The summed E-state index contributed by atoms with van der Waals surface area (Å²) >= 11 is 8.50. The molecule has 1 nitrogen and oxygen atoms in total. The van der Waals surface area contributed by atoms with Crippen LogP contribution in [0.25, 0.3) is 0 Å². The highest BCUT2D eigenvalue weighted by Crippen LogP contribution is 2.40. The van der Waals surface area contributed by atoms with Crippen molar-refractivity contribution >= 4 is 25.3 Å². The van der Waals surface area contributed by atoms with Gasteiger partial charge >= 0.3 is 0 Å². The van der Waals surface area contributed by atoms with E-state index in [4.69, 9.17) is 0 Å². The molecule has 1 saturated carbocycles. The van der Waals surface area contributed by atoms with Crippen LogP contribution in [0, 0.1) is 5.92 Å². The Hall–Kier alpha value is 0.660. The van der Waals surface area contributed by atoms with E-state index < -0.39 is 0 Å². The summed E-state index contributed by atoms with van der Waals surface area (Å²) in [7, 11) is 0. The molecule has 0 aromatic carbocycles. The first-order chi connectivity index (χ1) is 5.06. The van der Waals surface area contributed by atoms with Crippen LogP contribution in [-0.4, -0.2) is 21.7 Å². The largest absolute Gasteiger partial charge is 0.391 e. The highest BCUT2D eigenvalue weighted by Gasteiger charge is 2.35. The fraction of sp³-hybridized carbons (Fsp3) is 1.00. The van der Waals surface area contributed by atoms with E-state index in [1.807, 2.05) is 6.92 Å². The summed E-state index contributed by atoms with van der Waals surface area (Å²) in [5, 5.41) is 9.51. The molecule has 2 unspecified atom stereocenters. The summed E-state index contributed by atoms with van der Waals surface area (Å²) in [5.41, 5.74) is 0. The van der Waals surface area contributed by atoms with Gasteiger partial charge in [0.15, 0.2) is 0 Å². The molecule has 0 aromatic heterocycles. The van der Waals surface area contributed by atoms with Gasteiger partial charge in [0.2, 0.25) is 0 Å². The van der Waals surface area contributed by atoms with Gasteiger partial charge in [0.25, 0.3) is 0 Å². The predicted octanol–water partition coefficient (Wildman–Crippen LogP) is 1.77. The first-order valence-corrected chi connectivity index (χ1v) is 5.15. The summed E-state index contributed by atoms with van der Waals surface area (Å²) in [6.07, 6.45) is 3.28. The fourth-order valence-corrected chi connectivity index (χ4v) is 2.14. The Labute approximate surface area is 79.4 Å². The van der Waals surface area contributed by atoms with Gasteiger partial charge in [-0.25, -0.2) is 0 Å². The molecular weight excluding hydrogens is 176 g/mol. The molecule has 0 heterocycles. The van der Waals surface area contributed by atoms with E-state index in [1.54, 1.807) is 0 Å². The third-order valence-corrected chi connectivity index (χ3v) is 3.12. The molecule has 3 heteroatoms. The van der Waals surface area contributed by atoms with E-state index in [-0.39, 0.29) is 10.9 Å². The smallest absolute Gasteiger partial charge is 0.0769 e. The summed E-state index contributed by atoms with van der Waals surface area (Å²) in [6, 6.07) is 0. The molecule has 0 bridgehead atoms. The monoisotopic (exact) mass is 192 g/mol. The van der Waals surface area contributed by atoms with Crippen molar-refractivity contribution in [3.63, 3.8) is 0 Å². The maximum Gasteiger partial charge on any atom is 0.0769 e. The van der Waals surface area contributed by atoms with Gasteiger partial charge in [-0.15, -0.1) is 0 Å². The van der Waals surface area contributed by atoms with Crippen LogP contribution in [0.15, 0.2) is 0 Å². The van der Waals surface area contributed by atoms with Crippen molar-refractivity contribution in [2.45, 2.75) is 37.0 Å². The summed E-state index contributed by atoms with van der Waals surface area (Å²) in [6.45, 7) is 2.00. The Morgan fingerprint density at radius 3 is 2.55 bits per heavy atom. The van der Waals surface area contributed by atoms with Crippen LogP contribution in [0.4, 0.5) is 0 Å². The van der Waals surface area contributed by atoms with E-state index in [9.17, 15) is 5.11 Å². The minimum Gasteiger partial charge on any atom is -0.391 e. The lowest BCUT2D eigenvalue weighted by atomic mass is 9.98.